The van der Waals surface area contributed by atoms with Crippen molar-refractivity contribution in [2.75, 3.05) is 13.6 Å². The van der Waals surface area contributed by atoms with E-state index in [1.165, 1.54) is 19.2 Å². The van der Waals surface area contributed by atoms with Crippen LogP contribution in [0, 0.1) is 6.92 Å². The molecule has 0 aliphatic rings. The number of amides is 1. The van der Waals surface area contributed by atoms with Gasteiger partial charge in [0.05, 0.1) is 17.5 Å². The van der Waals surface area contributed by atoms with Gasteiger partial charge in [-0.05, 0) is 31.5 Å². The van der Waals surface area contributed by atoms with Crippen molar-refractivity contribution < 1.29 is 13.2 Å². The molecule has 1 N–H and O–H groups in total. The second-order valence-electron chi connectivity index (χ2n) is 5.77. The van der Waals surface area contributed by atoms with Crippen molar-refractivity contribution in [3.05, 3.63) is 65.7 Å². The summed E-state index contributed by atoms with van der Waals surface area (Å²) in [6, 6.07) is 15.7. The Morgan fingerprint density at radius 1 is 1.08 bits per heavy atom. The van der Waals surface area contributed by atoms with Gasteiger partial charge in [0, 0.05) is 7.05 Å². The van der Waals surface area contributed by atoms with E-state index < -0.39 is 10.0 Å². The Morgan fingerprint density at radius 3 is 2.25 bits per heavy atom. The Bertz CT molecular complexity index is 787. The van der Waals surface area contributed by atoms with Crippen LogP contribution >= 0.6 is 0 Å². The number of benzene rings is 2. The van der Waals surface area contributed by atoms with E-state index in [0.29, 0.717) is 0 Å². The van der Waals surface area contributed by atoms with Crippen LogP contribution < -0.4 is 5.32 Å². The summed E-state index contributed by atoms with van der Waals surface area (Å²) < 4.78 is 25.9. The molecular weight excluding hydrogens is 324 g/mol. The van der Waals surface area contributed by atoms with E-state index >= 15 is 0 Å². The van der Waals surface area contributed by atoms with Gasteiger partial charge >= 0.3 is 0 Å². The molecule has 0 aromatic heterocycles. The Kier molecular flexibility index (Phi) is 5.75. The number of rotatable bonds is 6. The molecule has 0 aliphatic heterocycles. The summed E-state index contributed by atoms with van der Waals surface area (Å²) >= 11 is 0. The smallest absolute Gasteiger partial charge is 0.243 e. The van der Waals surface area contributed by atoms with Crippen LogP contribution in [0.15, 0.2) is 59.5 Å². The first-order valence-electron chi connectivity index (χ1n) is 7.68. The minimum Gasteiger partial charge on any atom is -0.348 e. The number of aryl methyl sites for hydroxylation is 1. The van der Waals surface area contributed by atoms with Crippen LogP contribution in [0.25, 0.3) is 0 Å². The average molecular weight is 346 g/mol. The molecule has 1 amide bonds. The van der Waals surface area contributed by atoms with Gasteiger partial charge in [-0.15, -0.1) is 0 Å². The zero-order valence-electron chi connectivity index (χ0n) is 14.1. The molecule has 0 saturated carbocycles. The Hall–Kier alpha value is -2.18. The minimum absolute atomic E-state index is 0.173. The van der Waals surface area contributed by atoms with Crippen molar-refractivity contribution in [1.82, 2.24) is 9.62 Å². The highest BCUT2D eigenvalue weighted by Crippen LogP contribution is 2.15. The summed E-state index contributed by atoms with van der Waals surface area (Å²) in [5, 5.41) is 2.83. The van der Waals surface area contributed by atoms with Crippen molar-refractivity contribution in [2.24, 2.45) is 0 Å². The number of hydrogen-bond acceptors (Lipinski definition) is 3. The number of carbonyl (C=O) groups excluding carboxylic acids is 1. The first kappa shape index (κ1) is 18.2. The molecule has 0 saturated heterocycles. The molecule has 2 aromatic rings. The summed E-state index contributed by atoms with van der Waals surface area (Å²) in [5.41, 5.74) is 2.12. The molecule has 24 heavy (non-hydrogen) atoms. The van der Waals surface area contributed by atoms with Crippen LogP contribution in [0.3, 0.4) is 0 Å². The highest BCUT2D eigenvalue weighted by Gasteiger charge is 2.23. The van der Waals surface area contributed by atoms with E-state index in [1.54, 1.807) is 18.2 Å². The first-order chi connectivity index (χ1) is 11.3. The molecule has 128 valence electrons. The van der Waals surface area contributed by atoms with E-state index in [-0.39, 0.29) is 23.4 Å². The van der Waals surface area contributed by atoms with Gasteiger partial charge in [0.1, 0.15) is 0 Å². The van der Waals surface area contributed by atoms with Crippen molar-refractivity contribution in [2.45, 2.75) is 24.8 Å². The molecular formula is C18H22N2O3S. The van der Waals surface area contributed by atoms with Crippen molar-refractivity contribution in [3.63, 3.8) is 0 Å². The topological polar surface area (TPSA) is 66.5 Å². The van der Waals surface area contributed by atoms with Gasteiger partial charge in [-0.1, -0.05) is 48.0 Å². The molecule has 1 unspecified atom stereocenters. The fraction of sp³-hybridized carbons (Fsp3) is 0.278. The van der Waals surface area contributed by atoms with Gasteiger partial charge in [0.15, 0.2) is 0 Å². The molecule has 0 bridgehead atoms. The highest BCUT2D eigenvalue weighted by molar-refractivity contribution is 7.89. The van der Waals surface area contributed by atoms with Crippen LogP contribution in [0.4, 0.5) is 0 Å². The first-order valence-corrected chi connectivity index (χ1v) is 9.12. The largest absolute Gasteiger partial charge is 0.348 e. The molecule has 0 aliphatic carbocycles. The van der Waals surface area contributed by atoms with Crippen LogP contribution in [-0.2, 0) is 14.8 Å². The number of nitrogens with one attached hydrogen (secondary N) is 1. The van der Waals surface area contributed by atoms with Crippen molar-refractivity contribution in [3.8, 4) is 0 Å². The summed E-state index contributed by atoms with van der Waals surface area (Å²) in [6.07, 6.45) is 0. The lowest BCUT2D eigenvalue weighted by atomic mass is 10.1. The quantitative estimate of drug-likeness (QED) is 0.874. The van der Waals surface area contributed by atoms with Crippen molar-refractivity contribution >= 4 is 15.9 Å². The number of likely N-dealkylation sites (N-methyl/N-ethyl adjacent to an activating group) is 1. The minimum atomic E-state index is -3.67. The highest BCUT2D eigenvalue weighted by atomic mass is 32.2. The van der Waals surface area contributed by atoms with Gasteiger partial charge in [-0.3, -0.25) is 4.79 Å². The van der Waals surface area contributed by atoms with E-state index in [1.807, 2.05) is 38.1 Å². The fourth-order valence-electron chi connectivity index (χ4n) is 2.29. The molecule has 2 rings (SSSR count). The number of carbonyl (C=O) groups is 1. The van der Waals surface area contributed by atoms with Gasteiger partial charge in [-0.25, -0.2) is 8.42 Å². The van der Waals surface area contributed by atoms with Gasteiger partial charge < -0.3 is 5.32 Å². The molecule has 0 radical (unpaired) electrons. The Balaban J connectivity index is 2.00. The molecule has 0 fully saturated rings. The van der Waals surface area contributed by atoms with Crippen LogP contribution in [-0.4, -0.2) is 32.2 Å². The van der Waals surface area contributed by atoms with Crippen molar-refractivity contribution in [1.29, 1.82) is 0 Å². The fourth-order valence-corrected chi connectivity index (χ4v) is 3.43. The van der Waals surface area contributed by atoms with Crippen LogP contribution in [0.5, 0.6) is 0 Å². The maximum atomic E-state index is 12.4. The second kappa shape index (κ2) is 7.59. The molecule has 2 aromatic carbocycles. The van der Waals surface area contributed by atoms with E-state index in [2.05, 4.69) is 5.32 Å². The zero-order chi connectivity index (χ0) is 17.7. The second-order valence-corrected chi connectivity index (χ2v) is 7.82. The molecule has 0 heterocycles. The predicted octanol–water partition coefficient (Wildman–Crippen LogP) is 2.49. The van der Waals surface area contributed by atoms with E-state index in [4.69, 9.17) is 0 Å². The third-order valence-corrected chi connectivity index (χ3v) is 5.59. The summed E-state index contributed by atoms with van der Waals surface area (Å²) in [7, 11) is -2.27. The summed E-state index contributed by atoms with van der Waals surface area (Å²) in [5.74, 6) is -0.343. The molecule has 6 heteroatoms. The number of sulfonamides is 1. The molecule has 1 atom stereocenters. The SMILES string of the molecule is Cc1ccc(C(C)NC(=O)CN(C)S(=O)(=O)c2ccccc2)cc1. The predicted molar refractivity (Wildman–Crippen MR) is 94.0 cm³/mol. The summed E-state index contributed by atoms with van der Waals surface area (Å²) in [4.78, 5) is 12.3. The third-order valence-electron chi connectivity index (χ3n) is 3.77. The number of nitrogens with zero attached hydrogens (tertiary/aromatic N) is 1. The van der Waals surface area contributed by atoms with Crippen LogP contribution in [0.2, 0.25) is 0 Å². The lowest BCUT2D eigenvalue weighted by molar-refractivity contribution is -0.121. The summed E-state index contributed by atoms with van der Waals surface area (Å²) in [6.45, 7) is 3.64. The molecule has 0 spiro atoms. The Labute approximate surface area is 143 Å². The lowest BCUT2D eigenvalue weighted by Gasteiger charge is -2.19. The maximum Gasteiger partial charge on any atom is 0.243 e. The van der Waals surface area contributed by atoms with Gasteiger partial charge in [0.25, 0.3) is 0 Å². The average Bonchev–Trinajstić information content (AvgIpc) is 2.56. The number of hydrogen-bond donors (Lipinski definition) is 1. The normalized spacial score (nSPS) is 12.8. The maximum absolute atomic E-state index is 12.4. The van der Waals surface area contributed by atoms with Gasteiger partial charge in [0.2, 0.25) is 15.9 Å². The monoisotopic (exact) mass is 346 g/mol. The van der Waals surface area contributed by atoms with Crippen LogP contribution in [0.1, 0.15) is 24.1 Å². The standard InChI is InChI=1S/C18H22N2O3S/c1-14-9-11-16(12-10-14)15(2)19-18(21)13-20(3)24(22,23)17-7-5-4-6-8-17/h4-12,15H,13H2,1-3H3,(H,19,21). The Morgan fingerprint density at radius 2 is 1.67 bits per heavy atom. The van der Waals surface area contributed by atoms with E-state index in [9.17, 15) is 13.2 Å². The zero-order valence-corrected chi connectivity index (χ0v) is 14.9. The lowest BCUT2D eigenvalue weighted by Crippen LogP contribution is -2.39. The van der Waals surface area contributed by atoms with E-state index in [0.717, 1.165) is 15.4 Å². The molecule has 5 nitrogen and oxygen atoms in total. The third kappa shape index (κ3) is 4.43. The van der Waals surface area contributed by atoms with Gasteiger partial charge in [-0.2, -0.15) is 4.31 Å².